The molecule has 2 rings (SSSR count). The van der Waals surface area contributed by atoms with Crippen LogP contribution in [-0.4, -0.2) is 15.3 Å². The highest BCUT2D eigenvalue weighted by Gasteiger charge is 2.16. The number of halogens is 1. The average molecular weight is 315 g/mol. The van der Waals surface area contributed by atoms with E-state index in [2.05, 4.69) is 9.36 Å². The first-order valence-corrected chi connectivity index (χ1v) is 7.37. The molecular weight excluding hydrogens is 304 g/mol. The van der Waals surface area contributed by atoms with E-state index >= 15 is 0 Å². The number of rotatable bonds is 4. The molecule has 0 fully saturated rings. The number of aromatic nitrogens is 2. The number of nitrogens with zero attached hydrogens (tertiary/aromatic N) is 2. The van der Waals surface area contributed by atoms with Crippen LogP contribution in [0.2, 0.25) is 5.02 Å². The Kier molecular flexibility index (Phi) is 4.28. The number of anilines is 1. The Morgan fingerprint density at radius 3 is 2.84 bits per heavy atom. The van der Waals surface area contributed by atoms with Crippen molar-refractivity contribution < 1.29 is 4.79 Å². The maximum Gasteiger partial charge on any atom is 0.249 e. The number of aryl methyl sites for hydroxylation is 1. The number of nitrogens with two attached hydrogens (primary N) is 2. The lowest BCUT2D eigenvalue weighted by Gasteiger charge is -2.08. The van der Waals surface area contributed by atoms with Gasteiger partial charge in [-0.1, -0.05) is 30.3 Å². The number of hydrogen-bond donors (Lipinski definition) is 2. The Labute approximate surface area is 123 Å². The van der Waals surface area contributed by atoms with Crippen LogP contribution in [-0.2, 0) is 6.42 Å². The summed E-state index contributed by atoms with van der Waals surface area (Å²) in [6.45, 7) is 1.97. The highest BCUT2D eigenvalue weighted by atomic mass is 35.5. The fourth-order valence-corrected chi connectivity index (χ4v) is 3.52. The molecule has 0 aliphatic rings. The lowest BCUT2D eigenvalue weighted by molar-refractivity contribution is 0.0997. The van der Waals surface area contributed by atoms with Crippen LogP contribution in [0.15, 0.2) is 21.4 Å². The van der Waals surface area contributed by atoms with Gasteiger partial charge in [-0.3, -0.25) is 4.79 Å². The Bertz CT molecular complexity index is 629. The van der Waals surface area contributed by atoms with Crippen molar-refractivity contribution in [1.29, 1.82) is 0 Å². The van der Waals surface area contributed by atoms with Crippen LogP contribution in [0, 0.1) is 0 Å². The molecule has 0 radical (unpaired) electrons. The highest BCUT2D eigenvalue weighted by molar-refractivity contribution is 8.01. The topological polar surface area (TPSA) is 94.9 Å². The molecule has 0 aliphatic carbocycles. The summed E-state index contributed by atoms with van der Waals surface area (Å²) in [6, 6.07) is 3.09. The molecule has 4 N–H and O–H groups in total. The second kappa shape index (κ2) is 5.77. The zero-order chi connectivity index (χ0) is 14.0. The second-order valence-corrected chi connectivity index (χ2v) is 6.09. The monoisotopic (exact) mass is 314 g/mol. The smallest absolute Gasteiger partial charge is 0.249 e. The largest absolute Gasteiger partial charge is 0.399 e. The Hall–Kier alpha value is -1.31. The third-order valence-electron chi connectivity index (χ3n) is 2.29. The van der Waals surface area contributed by atoms with Gasteiger partial charge in [0.05, 0.1) is 10.6 Å². The molecule has 0 saturated heterocycles. The molecule has 1 aromatic carbocycles. The fourth-order valence-electron chi connectivity index (χ4n) is 1.41. The summed E-state index contributed by atoms with van der Waals surface area (Å²) < 4.78 is 4.89. The lowest BCUT2D eigenvalue weighted by atomic mass is 10.2. The minimum Gasteiger partial charge on any atom is -0.399 e. The number of benzene rings is 1. The normalized spacial score (nSPS) is 10.6. The summed E-state index contributed by atoms with van der Waals surface area (Å²) in [4.78, 5) is 16.3. The second-order valence-electron chi connectivity index (χ2n) is 3.68. The van der Waals surface area contributed by atoms with Crippen molar-refractivity contribution in [2.75, 3.05) is 5.73 Å². The Balaban J connectivity index is 2.41. The number of amides is 1. The summed E-state index contributed by atoms with van der Waals surface area (Å²) in [5, 5.41) is 0.382. The van der Waals surface area contributed by atoms with Crippen molar-refractivity contribution in [3.63, 3.8) is 0 Å². The van der Waals surface area contributed by atoms with Gasteiger partial charge in [0.1, 0.15) is 5.82 Å². The molecule has 0 spiro atoms. The molecular formula is C11H11ClN4OS2. The van der Waals surface area contributed by atoms with E-state index in [1.807, 2.05) is 6.92 Å². The maximum atomic E-state index is 11.4. The molecule has 0 unspecified atom stereocenters. The van der Waals surface area contributed by atoms with Crippen molar-refractivity contribution in [2.45, 2.75) is 22.6 Å². The molecule has 2 aromatic rings. The van der Waals surface area contributed by atoms with Crippen LogP contribution in [0.3, 0.4) is 0 Å². The van der Waals surface area contributed by atoms with Crippen molar-refractivity contribution in [3.05, 3.63) is 28.5 Å². The van der Waals surface area contributed by atoms with Crippen molar-refractivity contribution in [3.8, 4) is 0 Å². The van der Waals surface area contributed by atoms with Crippen LogP contribution < -0.4 is 11.5 Å². The highest BCUT2D eigenvalue weighted by Crippen LogP contribution is 2.38. The number of carbonyl (C=O) groups excluding carboxylic acids is 1. The van der Waals surface area contributed by atoms with E-state index in [0.29, 0.717) is 25.5 Å². The molecule has 0 saturated carbocycles. The van der Waals surface area contributed by atoms with Gasteiger partial charge in [-0.25, -0.2) is 4.98 Å². The molecule has 0 atom stereocenters. The van der Waals surface area contributed by atoms with E-state index in [-0.39, 0.29) is 0 Å². The summed E-state index contributed by atoms with van der Waals surface area (Å²) in [5.74, 6) is 0.191. The minimum atomic E-state index is -0.572. The van der Waals surface area contributed by atoms with Crippen molar-refractivity contribution in [2.24, 2.45) is 5.73 Å². The number of hydrogen-bond acceptors (Lipinski definition) is 6. The van der Waals surface area contributed by atoms with E-state index in [0.717, 1.165) is 12.2 Å². The quantitative estimate of drug-likeness (QED) is 0.846. The van der Waals surface area contributed by atoms with Gasteiger partial charge in [0.15, 0.2) is 4.34 Å². The molecule has 1 amide bonds. The molecule has 0 bridgehead atoms. The van der Waals surface area contributed by atoms with Gasteiger partial charge in [-0.05, 0) is 23.7 Å². The Morgan fingerprint density at radius 1 is 1.53 bits per heavy atom. The standard InChI is InChI=1S/C11H11ClN4OS2/c1-2-8-15-11(19-16-8)18-9-6(10(14)17)3-5(13)4-7(9)12/h3-4H,2,13H2,1H3,(H2,14,17). The first-order chi connectivity index (χ1) is 9.01. The molecule has 100 valence electrons. The van der Waals surface area contributed by atoms with E-state index in [1.54, 1.807) is 6.07 Å². The van der Waals surface area contributed by atoms with Crippen molar-refractivity contribution in [1.82, 2.24) is 9.36 Å². The first kappa shape index (κ1) is 14.1. The van der Waals surface area contributed by atoms with Gasteiger partial charge in [-0.15, -0.1) is 0 Å². The molecule has 1 heterocycles. The number of primary amides is 1. The van der Waals surface area contributed by atoms with Crippen LogP contribution in [0.5, 0.6) is 0 Å². The first-order valence-electron chi connectivity index (χ1n) is 5.40. The van der Waals surface area contributed by atoms with Gasteiger partial charge >= 0.3 is 0 Å². The third-order valence-corrected chi connectivity index (χ3v) is 4.63. The Morgan fingerprint density at radius 2 is 2.26 bits per heavy atom. The molecule has 8 heteroatoms. The van der Waals surface area contributed by atoms with E-state index in [9.17, 15) is 4.79 Å². The summed E-state index contributed by atoms with van der Waals surface area (Å²) in [6.07, 6.45) is 0.759. The third kappa shape index (κ3) is 3.17. The van der Waals surface area contributed by atoms with E-state index in [1.165, 1.54) is 29.4 Å². The van der Waals surface area contributed by atoms with Gasteiger partial charge in [0, 0.05) is 17.0 Å². The minimum absolute atomic E-state index is 0.295. The van der Waals surface area contributed by atoms with Gasteiger partial charge in [0.25, 0.3) is 0 Å². The molecule has 0 aliphatic heterocycles. The lowest BCUT2D eigenvalue weighted by Crippen LogP contribution is -2.13. The van der Waals surface area contributed by atoms with Crippen LogP contribution in [0.4, 0.5) is 5.69 Å². The van der Waals surface area contributed by atoms with Crippen LogP contribution in [0.1, 0.15) is 23.1 Å². The predicted octanol–water partition coefficient (Wildman–Crippen LogP) is 2.59. The molecule has 1 aromatic heterocycles. The van der Waals surface area contributed by atoms with Crippen molar-refractivity contribution >= 4 is 46.5 Å². The van der Waals surface area contributed by atoms with E-state index < -0.39 is 5.91 Å². The summed E-state index contributed by atoms with van der Waals surface area (Å²) in [7, 11) is 0. The van der Waals surface area contributed by atoms with Gasteiger partial charge in [0.2, 0.25) is 5.91 Å². The summed E-state index contributed by atoms with van der Waals surface area (Å²) >= 11 is 8.65. The zero-order valence-electron chi connectivity index (χ0n) is 10.0. The predicted molar refractivity (Wildman–Crippen MR) is 77.8 cm³/mol. The SMILES string of the molecule is CCc1nsc(Sc2c(Cl)cc(N)cc2C(N)=O)n1. The van der Waals surface area contributed by atoms with Gasteiger partial charge in [-0.2, -0.15) is 4.37 Å². The molecule has 19 heavy (non-hydrogen) atoms. The van der Waals surface area contributed by atoms with Gasteiger partial charge < -0.3 is 11.5 Å². The number of nitrogen functional groups attached to an aromatic ring is 1. The number of carbonyl (C=O) groups is 1. The average Bonchev–Trinajstić information content (AvgIpc) is 2.79. The summed E-state index contributed by atoms with van der Waals surface area (Å²) in [5.41, 5.74) is 11.7. The zero-order valence-corrected chi connectivity index (χ0v) is 12.4. The fraction of sp³-hybridized carbons (Fsp3) is 0.182. The van der Waals surface area contributed by atoms with Crippen LogP contribution >= 0.6 is 34.9 Å². The van der Waals surface area contributed by atoms with Crippen LogP contribution in [0.25, 0.3) is 0 Å². The van der Waals surface area contributed by atoms with E-state index in [4.69, 9.17) is 23.1 Å². The molecule has 5 nitrogen and oxygen atoms in total. The maximum absolute atomic E-state index is 11.4.